The lowest BCUT2D eigenvalue weighted by Crippen LogP contribution is -2.22. The van der Waals surface area contributed by atoms with Crippen molar-refractivity contribution >= 4 is 17.2 Å². The average molecular weight is 303 g/mol. The van der Waals surface area contributed by atoms with Crippen molar-refractivity contribution < 1.29 is 14.3 Å². The molecule has 0 aliphatic carbocycles. The predicted octanol–water partition coefficient (Wildman–Crippen LogP) is 2.70. The monoisotopic (exact) mass is 303 g/mol. The van der Waals surface area contributed by atoms with Gasteiger partial charge in [-0.25, -0.2) is 0 Å². The van der Waals surface area contributed by atoms with E-state index in [1.165, 1.54) is 0 Å². The standard InChI is InChI=1S/C16H17NO3S/c1-11-7-9-21-14(11)10-17-15(18)13-5-4-12(20-13)6-8-16(2,3)19/h4-5,7,9,19H,10H2,1-3H3,(H,17,18). The summed E-state index contributed by atoms with van der Waals surface area (Å²) < 4.78 is 5.35. The molecule has 0 saturated carbocycles. The Morgan fingerprint density at radius 2 is 2.19 bits per heavy atom. The molecule has 2 heterocycles. The molecule has 2 N–H and O–H groups in total. The number of carbonyl (C=O) groups is 1. The van der Waals surface area contributed by atoms with E-state index >= 15 is 0 Å². The number of carbonyl (C=O) groups excluding carboxylic acids is 1. The van der Waals surface area contributed by atoms with Crippen LogP contribution in [0.15, 0.2) is 28.0 Å². The van der Waals surface area contributed by atoms with Crippen molar-refractivity contribution in [3.63, 3.8) is 0 Å². The second-order valence-electron chi connectivity index (χ2n) is 5.18. The van der Waals surface area contributed by atoms with Crippen molar-refractivity contribution in [2.75, 3.05) is 0 Å². The highest BCUT2D eigenvalue weighted by Gasteiger charge is 2.12. The second kappa shape index (κ2) is 6.17. The minimum atomic E-state index is -1.09. The summed E-state index contributed by atoms with van der Waals surface area (Å²) in [6.45, 7) is 5.66. The number of thiophene rings is 1. The number of rotatable bonds is 3. The maximum absolute atomic E-state index is 12.0. The van der Waals surface area contributed by atoms with Gasteiger partial charge in [0.15, 0.2) is 11.5 Å². The molecule has 0 aromatic carbocycles. The fraction of sp³-hybridized carbons (Fsp3) is 0.312. The molecule has 5 heteroatoms. The lowest BCUT2D eigenvalue weighted by Gasteiger charge is -2.05. The number of amides is 1. The van der Waals surface area contributed by atoms with E-state index in [-0.39, 0.29) is 11.7 Å². The van der Waals surface area contributed by atoms with Crippen LogP contribution in [0, 0.1) is 18.8 Å². The Balaban J connectivity index is 1.99. The van der Waals surface area contributed by atoms with Crippen LogP contribution in [-0.4, -0.2) is 16.6 Å². The van der Waals surface area contributed by atoms with Crippen LogP contribution in [0.1, 0.15) is 40.6 Å². The van der Waals surface area contributed by atoms with Gasteiger partial charge >= 0.3 is 0 Å². The molecule has 0 saturated heterocycles. The van der Waals surface area contributed by atoms with Crippen molar-refractivity contribution in [3.05, 3.63) is 45.5 Å². The Morgan fingerprint density at radius 3 is 2.81 bits per heavy atom. The molecule has 0 bridgehead atoms. The summed E-state index contributed by atoms with van der Waals surface area (Å²) in [6, 6.07) is 5.21. The zero-order chi connectivity index (χ0) is 15.5. The maximum atomic E-state index is 12.0. The van der Waals surface area contributed by atoms with Gasteiger partial charge in [0.2, 0.25) is 0 Å². The molecule has 0 aliphatic heterocycles. The Labute approximate surface area is 127 Å². The molecular formula is C16H17NO3S. The van der Waals surface area contributed by atoms with E-state index in [9.17, 15) is 9.90 Å². The third-order valence-electron chi connectivity index (χ3n) is 2.70. The van der Waals surface area contributed by atoms with Crippen LogP contribution in [-0.2, 0) is 6.54 Å². The maximum Gasteiger partial charge on any atom is 0.287 e. The first-order valence-corrected chi connectivity index (χ1v) is 7.40. The number of aliphatic hydroxyl groups is 1. The Morgan fingerprint density at radius 1 is 1.43 bits per heavy atom. The van der Waals surface area contributed by atoms with Gasteiger partial charge in [-0.1, -0.05) is 5.92 Å². The molecule has 1 amide bonds. The van der Waals surface area contributed by atoms with Crippen LogP contribution >= 0.6 is 11.3 Å². The van der Waals surface area contributed by atoms with Gasteiger partial charge in [0.05, 0.1) is 6.54 Å². The number of furan rings is 1. The zero-order valence-corrected chi connectivity index (χ0v) is 13.0. The largest absolute Gasteiger partial charge is 0.443 e. The van der Waals surface area contributed by atoms with Gasteiger partial charge in [-0.2, -0.15) is 0 Å². The molecule has 0 fully saturated rings. The van der Waals surface area contributed by atoms with E-state index in [1.54, 1.807) is 37.3 Å². The molecule has 2 rings (SSSR count). The molecule has 2 aromatic heterocycles. The lowest BCUT2D eigenvalue weighted by atomic mass is 10.1. The summed E-state index contributed by atoms with van der Waals surface area (Å²) in [4.78, 5) is 13.1. The molecule has 110 valence electrons. The average Bonchev–Trinajstić information content (AvgIpc) is 3.02. The van der Waals surface area contributed by atoms with E-state index in [0.717, 1.165) is 10.4 Å². The van der Waals surface area contributed by atoms with Gasteiger partial charge in [0, 0.05) is 4.88 Å². The Kier molecular flexibility index (Phi) is 4.51. The van der Waals surface area contributed by atoms with Crippen molar-refractivity contribution in [2.45, 2.75) is 32.9 Å². The summed E-state index contributed by atoms with van der Waals surface area (Å²) in [5.41, 5.74) is 0.0720. The molecule has 0 atom stereocenters. The van der Waals surface area contributed by atoms with E-state index in [0.29, 0.717) is 12.3 Å². The first-order valence-electron chi connectivity index (χ1n) is 6.52. The van der Waals surface area contributed by atoms with Gasteiger partial charge in [-0.3, -0.25) is 4.79 Å². The summed E-state index contributed by atoms with van der Waals surface area (Å²) in [5.74, 6) is 5.62. The van der Waals surface area contributed by atoms with Crippen molar-refractivity contribution in [1.29, 1.82) is 0 Å². The number of hydrogen-bond donors (Lipinski definition) is 2. The van der Waals surface area contributed by atoms with Crippen molar-refractivity contribution in [3.8, 4) is 11.8 Å². The summed E-state index contributed by atoms with van der Waals surface area (Å²) >= 11 is 1.61. The smallest absolute Gasteiger partial charge is 0.287 e. The van der Waals surface area contributed by atoms with Crippen LogP contribution in [0.2, 0.25) is 0 Å². The van der Waals surface area contributed by atoms with Gasteiger partial charge in [-0.05, 0) is 55.8 Å². The van der Waals surface area contributed by atoms with Gasteiger partial charge in [0.25, 0.3) is 5.91 Å². The van der Waals surface area contributed by atoms with Gasteiger partial charge in [-0.15, -0.1) is 11.3 Å². The highest BCUT2D eigenvalue weighted by atomic mass is 32.1. The van der Waals surface area contributed by atoms with E-state index in [4.69, 9.17) is 4.42 Å². The van der Waals surface area contributed by atoms with Gasteiger partial charge in [0.1, 0.15) is 5.60 Å². The number of aryl methyl sites for hydroxylation is 1. The molecule has 2 aromatic rings. The van der Waals surface area contributed by atoms with E-state index in [1.807, 2.05) is 18.4 Å². The van der Waals surface area contributed by atoms with E-state index < -0.39 is 5.60 Å². The Bertz CT molecular complexity index is 695. The Hall–Kier alpha value is -2.03. The predicted molar refractivity (Wildman–Crippen MR) is 82.1 cm³/mol. The minimum Gasteiger partial charge on any atom is -0.443 e. The first kappa shape index (κ1) is 15.4. The SMILES string of the molecule is Cc1ccsc1CNC(=O)c1ccc(C#CC(C)(C)O)o1. The quantitative estimate of drug-likeness (QED) is 0.857. The van der Waals surface area contributed by atoms with Crippen LogP contribution in [0.3, 0.4) is 0 Å². The molecular weight excluding hydrogens is 286 g/mol. The number of hydrogen-bond acceptors (Lipinski definition) is 4. The van der Waals surface area contributed by atoms with Crippen LogP contribution < -0.4 is 5.32 Å². The number of nitrogens with one attached hydrogen (secondary N) is 1. The van der Waals surface area contributed by atoms with Crippen molar-refractivity contribution in [2.24, 2.45) is 0 Å². The zero-order valence-electron chi connectivity index (χ0n) is 12.2. The third kappa shape index (κ3) is 4.48. The lowest BCUT2D eigenvalue weighted by molar-refractivity contribution is 0.0923. The van der Waals surface area contributed by atoms with Crippen LogP contribution in [0.25, 0.3) is 0 Å². The summed E-state index contributed by atoms with van der Waals surface area (Å²) in [6.07, 6.45) is 0. The molecule has 0 unspecified atom stereocenters. The molecule has 0 spiro atoms. The molecule has 4 nitrogen and oxygen atoms in total. The summed E-state index contributed by atoms with van der Waals surface area (Å²) in [7, 11) is 0. The van der Waals surface area contributed by atoms with Crippen molar-refractivity contribution in [1.82, 2.24) is 5.32 Å². The highest BCUT2D eigenvalue weighted by molar-refractivity contribution is 7.10. The minimum absolute atomic E-state index is 0.212. The molecule has 21 heavy (non-hydrogen) atoms. The topological polar surface area (TPSA) is 62.5 Å². The summed E-state index contributed by atoms with van der Waals surface area (Å²) in [5, 5.41) is 14.3. The second-order valence-corrected chi connectivity index (χ2v) is 6.18. The van der Waals surface area contributed by atoms with Crippen LogP contribution in [0.5, 0.6) is 0 Å². The van der Waals surface area contributed by atoms with Crippen LogP contribution in [0.4, 0.5) is 0 Å². The molecule has 0 radical (unpaired) electrons. The van der Waals surface area contributed by atoms with E-state index in [2.05, 4.69) is 17.2 Å². The normalized spacial score (nSPS) is 10.9. The third-order valence-corrected chi connectivity index (χ3v) is 3.72. The fourth-order valence-corrected chi connectivity index (χ4v) is 2.42. The fourth-order valence-electron chi connectivity index (χ4n) is 1.57. The first-order chi connectivity index (χ1) is 9.85. The van der Waals surface area contributed by atoms with Gasteiger partial charge < -0.3 is 14.8 Å². The molecule has 0 aliphatic rings. The highest BCUT2D eigenvalue weighted by Crippen LogP contribution is 2.15.